The summed E-state index contributed by atoms with van der Waals surface area (Å²) in [6, 6.07) is 97.4. The quantitative estimate of drug-likeness (QED) is 0.144. The summed E-state index contributed by atoms with van der Waals surface area (Å²) in [6.07, 6.45) is 0. The standard InChI is InChI=1S/C66H44N2/c1-5-17-45(18-6-1)50-23-15-24-54(41-50)56-28-16-30-65-66(56)60-44-53(37-40-64(60)67(65)55-25-11-4-12-26-55)48-33-31-47(32-34-48)52-36-39-63-59(43-52)57-27-13-14-29-61(57)68(63)62-38-35-51(46-19-7-2-8-20-46)42-58(62)49-21-9-3-10-22-49/h1-44H. The van der Waals surface area contributed by atoms with Crippen molar-refractivity contribution in [3.05, 3.63) is 267 Å². The molecule has 0 fully saturated rings. The van der Waals surface area contributed by atoms with Crippen molar-refractivity contribution >= 4 is 43.6 Å². The molecule has 2 heterocycles. The maximum absolute atomic E-state index is 2.45. The van der Waals surface area contributed by atoms with Gasteiger partial charge >= 0.3 is 0 Å². The third-order valence-corrected chi connectivity index (χ3v) is 13.7. The van der Waals surface area contributed by atoms with E-state index >= 15 is 0 Å². The number of nitrogens with zero attached hydrogens (tertiary/aromatic N) is 2. The average molecular weight is 865 g/mol. The Morgan fingerprint density at radius 3 is 1.32 bits per heavy atom. The summed E-state index contributed by atoms with van der Waals surface area (Å²) >= 11 is 0. The first-order valence-electron chi connectivity index (χ1n) is 23.4. The van der Waals surface area contributed by atoms with Crippen molar-refractivity contribution in [2.24, 2.45) is 0 Å². The first-order valence-corrected chi connectivity index (χ1v) is 23.4. The van der Waals surface area contributed by atoms with Gasteiger partial charge in [-0.25, -0.2) is 0 Å². The van der Waals surface area contributed by atoms with Gasteiger partial charge in [0.25, 0.3) is 0 Å². The Morgan fingerprint density at radius 2 is 0.647 bits per heavy atom. The molecule has 0 saturated heterocycles. The summed E-state index contributed by atoms with van der Waals surface area (Å²) in [5.74, 6) is 0. The summed E-state index contributed by atoms with van der Waals surface area (Å²) < 4.78 is 4.86. The first kappa shape index (κ1) is 39.4. The zero-order valence-corrected chi connectivity index (χ0v) is 37.3. The van der Waals surface area contributed by atoms with E-state index in [1.54, 1.807) is 0 Å². The van der Waals surface area contributed by atoms with E-state index in [1.165, 1.54) is 110 Å². The Kier molecular flexibility index (Phi) is 9.54. The summed E-state index contributed by atoms with van der Waals surface area (Å²) in [6.45, 7) is 0. The average Bonchev–Trinajstić information content (AvgIpc) is 3.94. The van der Waals surface area contributed by atoms with Gasteiger partial charge in [-0.1, -0.05) is 200 Å². The number of para-hydroxylation sites is 2. The van der Waals surface area contributed by atoms with Gasteiger partial charge in [0.15, 0.2) is 0 Å². The zero-order chi connectivity index (χ0) is 45.0. The van der Waals surface area contributed by atoms with Crippen LogP contribution < -0.4 is 0 Å². The van der Waals surface area contributed by atoms with Crippen LogP contribution in [0.25, 0.3) is 122 Å². The molecule has 0 aliphatic carbocycles. The molecule has 0 aliphatic heterocycles. The van der Waals surface area contributed by atoms with Gasteiger partial charge in [0.05, 0.1) is 27.8 Å². The lowest BCUT2D eigenvalue weighted by molar-refractivity contribution is 1.18. The van der Waals surface area contributed by atoms with Crippen LogP contribution in [0.15, 0.2) is 267 Å². The van der Waals surface area contributed by atoms with Crippen LogP contribution in [0.1, 0.15) is 0 Å². The molecule has 68 heavy (non-hydrogen) atoms. The minimum Gasteiger partial charge on any atom is -0.309 e. The van der Waals surface area contributed by atoms with E-state index in [0.29, 0.717) is 0 Å². The second-order valence-electron chi connectivity index (χ2n) is 17.7. The number of benzene rings is 11. The van der Waals surface area contributed by atoms with Crippen molar-refractivity contribution in [2.75, 3.05) is 0 Å². The molecule has 13 rings (SSSR count). The molecule has 11 aromatic carbocycles. The molecular weight excluding hydrogens is 821 g/mol. The smallest absolute Gasteiger partial charge is 0.0547 e. The largest absolute Gasteiger partial charge is 0.309 e. The van der Waals surface area contributed by atoms with Crippen molar-refractivity contribution < 1.29 is 0 Å². The molecule has 0 radical (unpaired) electrons. The highest BCUT2D eigenvalue weighted by Crippen LogP contribution is 2.43. The molecular formula is C66H44N2. The minimum atomic E-state index is 1.15. The molecule has 13 aromatic rings. The van der Waals surface area contributed by atoms with Gasteiger partial charge in [-0.3, -0.25) is 0 Å². The highest BCUT2D eigenvalue weighted by atomic mass is 15.0. The van der Waals surface area contributed by atoms with Crippen molar-refractivity contribution in [1.82, 2.24) is 9.13 Å². The van der Waals surface area contributed by atoms with Crippen LogP contribution in [0, 0.1) is 0 Å². The summed E-state index contributed by atoms with van der Waals surface area (Å²) in [4.78, 5) is 0. The molecule has 2 aromatic heterocycles. The fourth-order valence-electron chi connectivity index (χ4n) is 10.5. The Morgan fingerprint density at radius 1 is 0.206 bits per heavy atom. The third kappa shape index (κ3) is 6.73. The predicted molar refractivity (Wildman–Crippen MR) is 288 cm³/mol. The van der Waals surface area contributed by atoms with Crippen LogP contribution >= 0.6 is 0 Å². The van der Waals surface area contributed by atoms with E-state index in [-0.39, 0.29) is 0 Å². The number of aromatic nitrogens is 2. The van der Waals surface area contributed by atoms with Gasteiger partial charge in [-0.15, -0.1) is 0 Å². The Labute approximate surface area is 395 Å². The summed E-state index contributed by atoms with van der Waals surface area (Å²) in [5.41, 5.74) is 21.5. The Balaban J connectivity index is 0.908. The van der Waals surface area contributed by atoms with Crippen LogP contribution in [0.5, 0.6) is 0 Å². The topological polar surface area (TPSA) is 9.86 Å². The zero-order valence-electron chi connectivity index (χ0n) is 37.3. The molecule has 0 spiro atoms. The van der Waals surface area contributed by atoms with Crippen LogP contribution in [-0.4, -0.2) is 9.13 Å². The Bertz CT molecular complexity index is 3980. The highest BCUT2D eigenvalue weighted by Gasteiger charge is 2.20. The molecule has 2 heteroatoms. The fourth-order valence-corrected chi connectivity index (χ4v) is 10.5. The molecule has 0 N–H and O–H groups in total. The lowest BCUT2D eigenvalue weighted by Gasteiger charge is -2.16. The van der Waals surface area contributed by atoms with Gasteiger partial charge < -0.3 is 9.13 Å². The molecule has 2 nitrogen and oxygen atoms in total. The summed E-state index contributed by atoms with van der Waals surface area (Å²) in [7, 11) is 0. The van der Waals surface area contributed by atoms with E-state index < -0.39 is 0 Å². The molecule has 0 aliphatic rings. The SMILES string of the molecule is c1ccc(-c2cccc(-c3cccc4c3c3cc(-c5ccc(-c6ccc7c(c6)c6ccccc6n7-c6ccc(-c7ccccc7)cc6-c6ccccc6)cc5)ccc3n4-c3ccccc3)c2)cc1. The van der Waals surface area contributed by atoms with Crippen molar-refractivity contribution in [3.63, 3.8) is 0 Å². The van der Waals surface area contributed by atoms with Crippen molar-refractivity contribution in [1.29, 1.82) is 0 Å². The first-order chi connectivity index (χ1) is 33.7. The molecule has 0 atom stereocenters. The highest BCUT2D eigenvalue weighted by molar-refractivity contribution is 6.17. The minimum absolute atomic E-state index is 1.15. The molecule has 0 saturated carbocycles. The van der Waals surface area contributed by atoms with Gasteiger partial charge in [0.1, 0.15) is 0 Å². The number of fused-ring (bicyclic) bond motifs is 6. The molecule has 0 bridgehead atoms. The molecule has 0 amide bonds. The van der Waals surface area contributed by atoms with Crippen molar-refractivity contribution in [2.45, 2.75) is 0 Å². The second-order valence-corrected chi connectivity index (χ2v) is 17.7. The Hall–Kier alpha value is -8.98. The number of hydrogen-bond donors (Lipinski definition) is 0. The monoisotopic (exact) mass is 864 g/mol. The lowest BCUT2D eigenvalue weighted by Crippen LogP contribution is -1.98. The van der Waals surface area contributed by atoms with Crippen LogP contribution in [0.2, 0.25) is 0 Å². The van der Waals surface area contributed by atoms with Gasteiger partial charge in [-0.2, -0.15) is 0 Å². The van der Waals surface area contributed by atoms with Crippen LogP contribution in [0.4, 0.5) is 0 Å². The predicted octanol–water partition coefficient (Wildman–Crippen LogP) is 17.9. The van der Waals surface area contributed by atoms with Gasteiger partial charge in [0.2, 0.25) is 0 Å². The van der Waals surface area contributed by atoms with E-state index in [1.807, 2.05) is 0 Å². The van der Waals surface area contributed by atoms with Crippen LogP contribution in [-0.2, 0) is 0 Å². The maximum Gasteiger partial charge on any atom is 0.0547 e. The summed E-state index contributed by atoms with van der Waals surface area (Å²) in [5, 5.41) is 4.96. The maximum atomic E-state index is 2.45. The van der Waals surface area contributed by atoms with Gasteiger partial charge in [0, 0.05) is 32.8 Å². The second kappa shape index (κ2) is 16.5. The lowest BCUT2D eigenvalue weighted by atomic mass is 9.94. The molecule has 318 valence electrons. The van der Waals surface area contributed by atoms with Crippen LogP contribution in [0.3, 0.4) is 0 Å². The van der Waals surface area contributed by atoms with Gasteiger partial charge in [-0.05, 0) is 128 Å². The number of rotatable bonds is 8. The fraction of sp³-hybridized carbons (Fsp3) is 0. The van der Waals surface area contributed by atoms with E-state index in [2.05, 4.69) is 276 Å². The van der Waals surface area contributed by atoms with E-state index in [9.17, 15) is 0 Å². The number of hydrogen-bond acceptors (Lipinski definition) is 0. The molecule has 0 unspecified atom stereocenters. The van der Waals surface area contributed by atoms with Crippen molar-refractivity contribution in [3.8, 4) is 78.1 Å². The third-order valence-electron chi connectivity index (χ3n) is 13.7. The van der Waals surface area contributed by atoms with E-state index in [4.69, 9.17) is 0 Å². The normalized spacial score (nSPS) is 11.5. The van der Waals surface area contributed by atoms with E-state index in [0.717, 1.165) is 11.4 Å².